The molecule has 20 heavy (non-hydrogen) atoms. The van der Waals surface area contributed by atoms with Gasteiger partial charge >= 0.3 is 0 Å². The van der Waals surface area contributed by atoms with Crippen molar-refractivity contribution >= 4 is 0 Å². The van der Waals surface area contributed by atoms with E-state index in [-0.39, 0.29) is 12.7 Å². The molecule has 0 amide bonds. The molecule has 6 atom stereocenters. The van der Waals surface area contributed by atoms with Crippen molar-refractivity contribution in [2.45, 2.75) is 36.8 Å². The van der Waals surface area contributed by atoms with Gasteiger partial charge in [-0.05, 0) is 5.56 Å². The number of fused-ring (bicyclic) bond motifs is 1. The van der Waals surface area contributed by atoms with Crippen LogP contribution in [0.4, 0.5) is 0 Å². The van der Waals surface area contributed by atoms with Gasteiger partial charge in [-0.15, -0.1) is 0 Å². The number of aliphatic hydroxyl groups excluding tert-OH is 3. The minimum atomic E-state index is -1.20. The Morgan fingerprint density at radius 1 is 1.05 bits per heavy atom. The smallest absolute Gasteiger partial charge is 0.187 e. The number of ether oxygens (including phenoxy) is 3. The lowest BCUT2D eigenvalue weighted by Crippen LogP contribution is -2.62. The first-order chi connectivity index (χ1) is 9.70. The van der Waals surface area contributed by atoms with Crippen molar-refractivity contribution in [1.82, 2.24) is 0 Å². The monoisotopic (exact) mass is 282 g/mol. The van der Waals surface area contributed by atoms with Crippen LogP contribution in [0.25, 0.3) is 0 Å². The van der Waals surface area contributed by atoms with Crippen LogP contribution in [0.1, 0.15) is 11.7 Å². The van der Waals surface area contributed by atoms with Gasteiger partial charge in [-0.3, -0.25) is 0 Å². The van der Waals surface area contributed by atoms with Crippen LogP contribution < -0.4 is 0 Å². The van der Waals surface area contributed by atoms with E-state index in [0.29, 0.717) is 6.61 Å². The van der Waals surface area contributed by atoms with Gasteiger partial charge in [0.1, 0.15) is 30.5 Å². The lowest BCUT2D eigenvalue weighted by molar-refractivity contribution is -0.350. The molecule has 2 heterocycles. The molecule has 0 saturated carbocycles. The molecule has 3 N–H and O–H groups in total. The number of hydrogen-bond acceptors (Lipinski definition) is 6. The van der Waals surface area contributed by atoms with Gasteiger partial charge in [-0.25, -0.2) is 0 Å². The molecule has 1 aromatic rings. The van der Waals surface area contributed by atoms with Crippen LogP contribution in [0.5, 0.6) is 0 Å². The first kappa shape index (κ1) is 13.9. The Kier molecular flexibility index (Phi) is 4.02. The molecule has 3 rings (SSSR count). The summed E-state index contributed by atoms with van der Waals surface area (Å²) in [6.07, 6.45) is -5.06. The van der Waals surface area contributed by atoms with Crippen LogP contribution in [-0.2, 0) is 14.2 Å². The van der Waals surface area contributed by atoms with E-state index < -0.39 is 30.7 Å². The highest BCUT2D eigenvalue weighted by Gasteiger charge is 2.48. The Morgan fingerprint density at radius 3 is 2.50 bits per heavy atom. The third-order valence-corrected chi connectivity index (χ3v) is 3.73. The first-order valence-corrected chi connectivity index (χ1v) is 6.65. The lowest BCUT2D eigenvalue weighted by atomic mass is 9.97. The van der Waals surface area contributed by atoms with Crippen LogP contribution in [0, 0.1) is 0 Å². The normalized spacial score (nSPS) is 41.1. The average molecular weight is 282 g/mol. The fourth-order valence-corrected chi connectivity index (χ4v) is 2.59. The molecular formula is C14H18O6. The zero-order valence-corrected chi connectivity index (χ0v) is 10.8. The summed E-state index contributed by atoms with van der Waals surface area (Å²) in [6, 6.07) is 9.53. The summed E-state index contributed by atoms with van der Waals surface area (Å²) in [6.45, 7) is -0.0843. The van der Waals surface area contributed by atoms with E-state index in [9.17, 15) is 10.2 Å². The maximum Gasteiger partial charge on any atom is 0.187 e. The third kappa shape index (κ3) is 2.46. The molecule has 0 radical (unpaired) electrons. The Labute approximate surface area is 116 Å². The highest BCUT2D eigenvalue weighted by Crippen LogP contribution is 2.33. The van der Waals surface area contributed by atoms with E-state index in [4.69, 9.17) is 19.3 Å². The quantitative estimate of drug-likeness (QED) is 0.683. The Balaban J connectivity index is 1.74. The summed E-state index contributed by atoms with van der Waals surface area (Å²) < 4.78 is 16.8. The minimum absolute atomic E-state index is 0.298. The second-order valence-corrected chi connectivity index (χ2v) is 5.04. The maximum absolute atomic E-state index is 10.1. The first-order valence-electron chi connectivity index (χ1n) is 6.65. The predicted octanol–water partition coefficient (Wildman–Crippen LogP) is -0.418. The lowest BCUT2D eigenvalue weighted by Gasteiger charge is -2.46. The molecule has 2 fully saturated rings. The van der Waals surface area contributed by atoms with Crippen molar-refractivity contribution < 1.29 is 29.5 Å². The molecule has 6 heteroatoms. The van der Waals surface area contributed by atoms with Crippen molar-refractivity contribution in [3.8, 4) is 0 Å². The molecule has 0 aliphatic carbocycles. The summed E-state index contributed by atoms with van der Waals surface area (Å²) in [5.74, 6) is 0. The predicted molar refractivity (Wildman–Crippen MR) is 67.8 cm³/mol. The molecule has 0 spiro atoms. The van der Waals surface area contributed by atoms with Gasteiger partial charge in [0.15, 0.2) is 6.29 Å². The van der Waals surface area contributed by atoms with Crippen molar-refractivity contribution in [3.05, 3.63) is 35.9 Å². The van der Waals surface area contributed by atoms with Gasteiger partial charge in [-0.2, -0.15) is 0 Å². The number of aliphatic hydroxyl groups is 3. The summed E-state index contributed by atoms with van der Waals surface area (Å²) in [5.41, 5.74) is 0.942. The minimum Gasteiger partial charge on any atom is -0.394 e. The number of benzene rings is 1. The highest BCUT2D eigenvalue weighted by atomic mass is 16.7. The van der Waals surface area contributed by atoms with Crippen LogP contribution in [0.2, 0.25) is 0 Å². The summed E-state index contributed by atoms with van der Waals surface area (Å²) in [5, 5.41) is 29.1. The SMILES string of the molecule is OC[C@H]1O[C@H]2OC[C@@H](c3ccccc3)O[C@@H]2[C@@H](O)[C@@H]1O. The summed E-state index contributed by atoms with van der Waals surface area (Å²) in [7, 11) is 0. The van der Waals surface area contributed by atoms with E-state index in [1.54, 1.807) is 0 Å². The van der Waals surface area contributed by atoms with E-state index >= 15 is 0 Å². The molecule has 0 aromatic heterocycles. The fraction of sp³-hybridized carbons (Fsp3) is 0.571. The molecule has 0 unspecified atom stereocenters. The van der Waals surface area contributed by atoms with E-state index in [1.165, 1.54) is 0 Å². The zero-order chi connectivity index (χ0) is 14.1. The Bertz CT molecular complexity index is 437. The van der Waals surface area contributed by atoms with Crippen molar-refractivity contribution in [2.75, 3.05) is 13.2 Å². The van der Waals surface area contributed by atoms with Crippen LogP contribution in [0.15, 0.2) is 30.3 Å². The summed E-state index contributed by atoms with van der Waals surface area (Å²) >= 11 is 0. The van der Waals surface area contributed by atoms with Gasteiger partial charge in [0.05, 0.1) is 13.2 Å². The molecule has 0 bridgehead atoms. The largest absolute Gasteiger partial charge is 0.394 e. The molecule has 2 aliphatic heterocycles. The van der Waals surface area contributed by atoms with Gasteiger partial charge in [0, 0.05) is 0 Å². The highest BCUT2D eigenvalue weighted by molar-refractivity contribution is 5.18. The molecule has 6 nitrogen and oxygen atoms in total. The van der Waals surface area contributed by atoms with Gasteiger partial charge in [0.2, 0.25) is 0 Å². The maximum atomic E-state index is 10.1. The van der Waals surface area contributed by atoms with Crippen molar-refractivity contribution in [3.63, 3.8) is 0 Å². The van der Waals surface area contributed by atoms with E-state index in [1.807, 2.05) is 30.3 Å². The second-order valence-electron chi connectivity index (χ2n) is 5.04. The van der Waals surface area contributed by atoms with Crippen molar-refractivity contribution in [1.29, 1.82) is 0 Å². The number of hydrogen-bond donors (Lipinski definition) is 3. The molecule has 2 saturated heterocycles. The van der Waals surface area contributed by atoms with Crippen molar-refractivity contribution in [2.24, 2.45) is 0 Å². The summed E-state index contributed by atoms with van der Waals surface area (Å²) in [4.78, 5) is 0. The Hall–Kier alpha value is -1.02. The molecule has 110 valence electrons. The van der Waals surface area contributed by atoms with Crippen LogP contribution in [0.3, 0.4) is 0 Å². The standard InChI is InChI=1S/C14H18O6/c15-6-9-11(16)12(17)13-14(20-9)18-7-10(19-13)8-4-2-1-3-5-8/h1-5,9-17H,6-7H2/t9-,10+,11-,12+,13-,14-/m1/s1. The molecule has 2 aliphatic rings. The van der Waals surface area contributed by atoms with E-state index in [0.717, 1.165) is 5.56 Å². The van der Waals surface area contributed by atoms with Gasteiger partial charge in [0.25, 0.3) is 0 Å². The van der Waals surface area contributed by atoms with Crippen LogP contribution in [-0.4, -0.2) is 59.2 Å². The zero-order valence-electron chi connectivity index (χ0n) is 10.8. The van der Waals surface area contributed by atoms with Gasteiger partial charge < -0.3 is 29.5 Å². The fourth-order valence-electron chi connectivity index (χ4n) is 2.59. The molecular weight excluding hydrogens is 264 g/mol. The van der Waals surface area contributed by atoms with Gasteiger partial charge in [-0.1, -0.05) is 30.3 Å². The second kappa shape index (κ2) is 5.77. The van der Waals surface area contributed by atoms with E-state index in [2.05, 4.69) is 0 Å². The average Bonchev–Trinajstić information content (AvgIpc) is 2.51. The Morgan fingerprint density at radius 2 is 1.80 bits per heavy atom. The van der Waals surface area contributed by atoms with Crippen LogP contribution >= 0.6 is 0 Å². The number of rotatable bonds is 2. The third-order valence-electron chi connectivity index (χ3n) is 3.73. The molecule has 1 aromatic carbocycles. The topological polar surface area (TPSA) is 88.4 Å².